The van der Waals surface area contributed by atoms with Crippen LogP contribution in [0.4, 0.5) is 14.5 Å². The molecule has 3 rings (SSSR count). The smallest absolute Gasteiger partial charge is 0.251 e. The van der Waals surface area contributed by atoms with E-state index in [4.69, 9.17) is 4.74 Å². The van der Waals surface area contributed by atoms with Gasteiger partial charge in [-0.15, -0.1) is 0 Å². The molecule has 1 aliphatic rings. The van der Waals surface area contributed by atoms with Crippen molar-refractivity contribution in [2.75, 3.05) is 44.7 Å². The number of benzene rings is 2. The summed E-state index contributed by atoms with van der Waals surface area (Å²) in [7, 11) is 1.61. The number of anilines is 1. The van der Waals surface area contributed by atoms with Gasteiger partial charge < -0.3 is 19.9 Å². The summed E-state index contributed by atoms with van der Waals surface area (Å²) in [5.41, 5.74) is 0.893. The van der Waals surface area contributed by atoms with Gasteiger partial charge in [-0.05, 0) is 36.4 Å². The van der Waals surface area contributed by atoms with Crippen LogP contribution >= 0.6 is 0 Å². The third-order valence-corrected chi connectivity index (χ3v) is 4.59. The molecule has 1 aliphatic heterocycles. The number of carbonyl (C=O) groups excluding carboxylic acids is 2. The van der Waals surface area contributed by atoms with Crippen molar-refractivity contribution in [1.82, 2.24) is 10.2 Å². The van der Waals surface area contributed by atoms with Crippen LogP contribution in [-0.4, -0.2) is 56.5 Å². The summed E-state index contributed by atoms with van der Waals surface area (Å²) < 4.78 is 31.5. The SMILES string of the molecule is COc1ccc(N2CCN(C(=O)CNC(=O)c3cc(F)cc(F)c3)CC2)cc1. The molecule has 1 N–H and O–H groups in total. The minimum atomic E-state index is -0.842. The highest BCUT2D eigenvalue weighted by atomic mass is 19.1. The predicted octanol–water partition coefficient (Wildman–Crippen LogP) is 2.05. The van der Waals surface area contributed by atoms with E-state index >= 15 is 0 Å². The molecule has 148 valence electrons. The van der Waals surface area contributed by atoms with Crippen LogP contribution in [-0.2, 0) is 4.79 Å². The maximum absolute atomic E-state index is 13.2. The summed E-state index contributed by atoms with van der Waals surface area (Å²) in [6.45, 7) is 2.16. The molecule has 8 heteroatoms. The molecule has 0 atom stereocenters. The van der Waals surface area contributed by atoms with Crippen LogP contribution < -0.4 is 15.0 Å². The fourth-order valence-corrected chi connectivity index (χ4v) is 3.06. The Morgan fingerprint density at radius 1 is 1.00 bits per heavy atom. The van der Waals surface area contributed by atoms with E-state index in [2.05, 4.69) is 10.2 Å². The molecule has 0 bridgehead atoms. The molecule has 1 fully saturated rings. The number of methoxy groups -OCH3 is 1. The van der Waals surface area contributed by atoms with E-state index in [0.717, 1.165) is 23.6 Å². The zero-order valence-corrected chi connectivity index (χ0v) is 15.5. The maximum Gasteiger partial charge on any atom is 0.251 e. The van der Waals surface area contributed by atoms with Gasteiger partial charge in [0.15, 0.2) is 0 Å². The molecule has 0 unspecified atom stereocenters. The number of hydrogen-bond donors (Lipinski definition) is 1. The molecule has 2 amide bonds. The molecule has 0 spiro atoms. The number of ether oxygens (including phenoxy) is 1. The lowest BCUT2D eigenvalue weighted by Gasteiger charge is -2.36. The lowest BCUT2D eigenvalue weighted by Crippen LogP contribution is -2.51. The van der Waals surface area contributed by atoms with Crippen LogP contribution in [0, 0.1) is 11.6 Å². The number of nitrogens with zero attached hydrogens (tertiary/aromatic N) is 2. The van der Waals surface area contributed by atoms with Crippen molar-refractivity contribution in [2.24, 2.45) is 0 Å². The van der Waals surface area contributed by atoms with Crippen LogP contribution in [0.2, 0.25) is 0 Å². The van der Waals surface area contributed by atoms with Gasteiger partial charge in [-0.1, -0.05) is 0 Å². The number of carbonyl (C=O) groups is 2. The molecule has 1 heterocycles. The van der Waals surface area contributed by atoms with Crippen molar-refractivity contribution < 1.29 is 23.1 Å². The Morgan fingerprint density at radius 2 is 1.61 bits per heavy atom. The van der Waals surface area contributed by atoms with E-state index in [1.807, 2.05) is 24.3 Å². The Kier molecular flexibility index (Phi) is 6.08. The molecule has 2 aromatic rings. The van der Waals surface area contributed by atoms with Crippen LogP contribution in [0.1, 0.15) is 10.4 Å². The van der Waals surface area contributed by atoms with Crippen molar-refractivity contribution in [3.8, 4) is 5.75 Å². The fourth-order valence-electron chi connectivity index (χ4n) is 3.06. The Hall–Kier alpha value is -3.16. The second-order valence-corrected chi connectivity index (χ2v) is 6.41. The van der Waals surface area contributed by atoms with E-state index < -0.39 is 17.5 Å². The highest BCUT2D eigenvalue weighted by Gasteiger charge is 2.22. The third-order valence-electron chi connectivity index (χ3n) is 4.59. The summed E-state index contributed by atoms with van der Waals surface area (Å²) in [6.07, 6.45) is 0. The standard InChI is InChI=1S/C20H21F2N3O3/c1-28-18-4-2-17(3-5-18)24-6-8-25(9-7-24)19(26)13-23-20(27)14-10-15(21)12-16(22)11-14/h2-5,10-12H,6-9,13H2,1H3,(H,23,27). The molecule has 6 nitrogen and oxygen atoms in total. The van der Waals surface area contributed by atoms with Crippen molar-refractivity contribution in [1.29, 1.82) is 0 Å². The number of rotatable bonds is 5. The second kappa shape index (κ2) is 8.69. The monoisotopic (exact) mass is 389 g/mol. The number of halogens is 2. The van der Waals surface area contributed by atoms with Gasteiger partial charge in [0.05, 0.1) is 13.7 Å². The third kappa shape index (κ3) is 4.76. The second-order valence-electron chi connectivity index (χ2n) is 6.41. The van der Waals surface area contributed by atoms with E-state index in [0.29, 0.717) is 32.2 Å². The summed E-state index contributed by atoms with van der Waals surface area (Å²) in [5, 5.41) is 2.42. The predicted molar refractivity (Wildman–Crippen MR) is 100 cm³/mol. The highest BCUT2D eigenvalue weighted by molar-refractivity contribution is 5.96. The van der Waals surface area contributed by atoms with E-state index in [9.17, 15) is 18.4 Å². The topological polar surface area (TPSA) is 61.9 Å². The van der Waals surface area contributed by atoms with Crippen LogP contribution in [0.5, 0.6) is 5.75 Å². The van der Waals surface area contributed by atoms with Gasteiger partial charge in [0.25, 0.3) is 5.91 Å². The van der Waals surface area contributed by atoms with E-state index in [-0.39, 0.29) is 18.0 Å². The first-order chi connectivity index (χ1) is 13.5. The molecule has 0 aromatic heterocycles. The summed E-state index contributed by atoms with van der Waals surface area (Å²) in [6, 6.07) is 10.2. The van der Waals surface area contributed by atoms with Crippen molar-refractivity contribution in [3.63, 3.8) is 0 Å². The average Bonchev–Trinajstić information content (AvgIpc) is 2.71. The Labute approximate surface area is 161 Å². The molecular formula is C20H21F2N3O3. The molecule has 0 saturated carbocycles. The maximum atomic E-state index is 13.2. The average molecular weight is 389 g/mol. The van der Waals surface area contributed by atoms with Crippen LogP contribution in [0.3, 0.4) is 0 Å². The van der Waals surface area contributed by atoms with Gasteiger partial charge in [-0.25, -0.2) is 8.78 Å². The quantitative estimate of drug-likeness (QED) is 0.850. The number of piperazine rings is 1. The zero-order valence-electron chi connectivity index (χ0n) is 15.5. The number of amides is 2. The minimum absolute atomic E-state index is 0.158. The molecule has 2 aromatic carbocycles. The van der Waals surface area contributed by atoms with Gasteiger partial charge in [0.2, 0.25) is 5.91 Å². The van der Waals surface area contributed by atoms with Gasteiger partial charge in [0.1, 0.15) is 17.4 Å². The van der Waals surface area contributed by atoms with Crippen LogP contribution in [0.15, 0.2) is 42.5 Å². The Balaban J connectivity index is 1.48. The van der Waals surface area contributed by atoms with Crippen LogP contribution in [0.25, 0.3) is 0 Å². The lowest BCUT2D eigenvalue weighted by atomic mass is 10.2. The number of nitrogens with one attached hydrogen (secondary N) is 1. The van der Waals surface area contributed by atoms with Crippen molar-refractivity contribution in [3.05, 3.63) is 59.7 Å². The molecule has 28 heavy (non-hydrogen) atoms. The lowest BCUT2D eigenvalue weighted by molar-refractivity contribution is -0.130. The van der Waals surface area contributed by atoms with Gasteiger partial charge >= 0.3 is 0 Å². The Bertz CT molecular complexity index is 830. The first kappa shape index (κ1) is 19.6. The van der Waals surface area contributed by atoms with Crippen molar-refractivity contribution >= 4 is 17.5 Å². The van der Waals surface area contributed by atoms with Gasteiger partial charge in [-0.3, -0.25) is 9.59 Å². The summed E-state index contributed by atoms with van der Waals surface area (Å²) in [5.74, 6) is -1.83. The molecular weight excluding hydrogens is 368 g/mol. The van der Waals surface area contributed by atoms with Crippen molar-refractivity contribution in [2.45, 2.75) is 0 Å². The first-order valence-corrected chi connectivity index (χ1v) is 8.87. The number of hydrogen-bond acceptors (Lipinski definition) is 4. The van der Waals surface area contributed by atoms with E-state index in [1.54, 1.807) is 12.0 Å². The zero-order chi connectivity index (χ0) is 20.1. The van der Waals surface area contributed by atoms with Gasteiger partial charge in [0, 0.05) is 43.5 Å². The normalized spacial score (nSPS) is 14.0. The first-order valence-electron chi connectivity index (χ1n) is 8.87. The fraction of sp³-hybridized carbons (Fsp3) is 0.300. The Morgan fingerprint density at radius 3 is 2.18 bits per heavy atom. The largest absolute Gasteiger partial charge is 0.497 e. The minimum Gasteiger partial charge on any atom is -0.497 e. The summed E-state index contributed by atoms with van der Waals surface area (Å²) in [4.78, 5) is 28.1. The molecule has 0 radical (unpaired) electrons. The highest BCUT2D eigenvalue weighted by Crippen LogP contribution is 2.20. The molecule has 1 saturated heterocycles. The molecule has 0 aliphatic carbocycles. The van der Waals surface area contributed by atoms with E-state index in [1.165, 1.54) is 0 Å². The summed E-state index contributed by atoms with van der Waals surface area (Å²) >= 11 is 0. The van der Waals surface area contributed by atoms with Gasteiger partial charge in [-0.2, -0.15) is 0 Å².